The van der Waals surface area contributed by atoms with Crippen LogP contribution in [-0.4, -0.2) is 21.1 Å². The molecule has 0 fully saturated rings. The molecule has 0 bridgehead atoms. The molecule has 134 valence electrons. The lowest BCUT2D eigenvalue weighted by Crippen LogP contribution is -2.12. The number of hydrogen-bond acceptors (Lipinski definition) is 4. The topological polar surface area (TPSA) is 63.5 Å². The molecule has 2 aromatic carbocycles. The predicted octanol–water partition coefficient (Wildman–Crippen LogP) is 4.83. The first-order valence-electron chi connectivity index (χ1n) is 8.49. The van der Waals surface area contributed by atoms with Crippen molar-refractivity contribution in [2.45, 2.75) is 13.8 Å². The van der Waals surface area contributed by atoms with Crippen LogP contribution in [0.25, 0.3) is 16.2 Å². The van der Waals surface area contributed by atoms with E-state index in [0.29, 0.717) is 16.1 Å². The third-order valence-electron chi connectivity index (χ3n) is 4.38. The van der Waals surface area contributed by atoms with Crippen LogP contribution in [-0.2, 0) is 0 Å². The number of thiazole rings is 1. The van der Waals surface area contributed by atoms with Gasteiger partial charge in [-0.1, -0.05) is 41.7 Å². The van der Waals surface area contributed by atoms with Crippen LogP contribution in [0.3, 0.4) is 0 Å². The van der Waals surface area contributed by atoms with Gasteiger partial charge in [-0.3, -0.25) is 14.0 Å². The summed E-state index contributed by atoms with van der Waals surface area (Å²) in [5.41, 5.74) is 4.05. The fraction of sp³-hybridized carbons (Fsp3) is 0.0952. The molecule has 6 heteroatoms. The Morgan fingerprint density at radius 1 is 1.04 bits per heavy atom. The standard InChI is InChI=1S/C21H17N3O2S/c1-13-19(20(26)22-17-10-8-15(9-11-17)14(2)25)27-21-23-18(12-24(13)21)16-6-4-3-5-7-16/h3-12H,1-2H3,(H,22,26). The molecule has 0 unspecified atom stereocenters. The monoisotopic (exact) mass is 375 g/mol. The van der Waals surface area contributed by atoms with Crippen molar-refractivity contribution >= 4 is 33.7 Å². The lowest BCUT2D eigenvalue weighted by molar-refractivity contribution is 0.101. The van der Waals surface area contributed by atoms with Crippen molar-refractivity contribution in [3.05, 3.63) is 76.9 Å². The molecule has 0 atom stereocenters. The zero-order valence-corrected chi connectivity index (χ0v) is 15.7. The first kappa shape index (κ1) is 17.2. The Balaban J connectivity index is 1.60. The summed E-state index contributed by atoms with van der Waals surface area (Å²) in [6.45, 7) is 3.43. The SMILES string of the molecule is CC(=O)c1ccc(NC(=O)c2sc3nc(-c4ccccc4)cn3c2C)cc1. The normalized spacial score (nSPS) is 10.9. The van der Waals surface area contributed by atoms with Crippen LogP contribution < -0.4 is 5.32 Å². The van der Waals surface area contributed by atoms with Gasteiger partial charge < -0.3 is 5.32 Å². The fourth-order valence-corrected chi connectivity index (χ4v) is 3.89. The number of amides is 1. The summed E-state index contributed by atoms with van der Waals surface area (Å²) in [6, 6.07) is 16.8. The molecule has 0 aliphatic carbocycles. The molecule has 0 radical (unpaired) electrons. The van der Waals surface area contributed by atoms with Crippen molar-refractivity contribution in [2.75, 3.05) is 5.32 Å². The van der Waals surface area contributed by atoms with Crippen molar-refractivity contribution < 1.29 is 9.59 Å². The van der Waals surface area contributed by atoms with Crippen LogP contribution in [0.4, 0.5) is 5.69 Å². The van der Waals surface area contributed by atoms with Gasteiger partial charge in [0, 0.05) is 28.7 Å². The average Bonchev–Trinajstić information content (AvgIpc) is 3.22. The summed E-state index contributed by atoms with van der Waals surface area (Å²) in [6.07, 6.45) is 1.95. The van der Waals surface area contributed by atoms with E-state index in [0.717, 1.165) is 21.9 Å². The number of hydrogen-bond donors (Lipinski definition) is 1. The largest absolute Gasteiger partial charge is 0.321 e. The van der Waals surface area contributed by atoms with Crippen molar-refractivity contribution in [3.63, 3.8) is 0 Å². The summed E-state index contributed by atoms with van der Waals surface area (Å²) in [5.74, 6) is -0.183. The lowest BCUT2D eigenvalue weighted by Gasteiger charge is -2.05. The minimum absolute atomic E-state index is 0.00239. The zero-order chi connectivity index (χ0) is 19.0. The Bertz CT molecular complexity index is 1140. The molecule has 0 spiro atoms. The van der Waals surface area contributed by atoms with Gasteiger partial charge in [-0.05, 0) is 38.1 Å². The number of nitrogens with one attached hydrogen (secondary N) is 1. The van der Waals surface area contributed by atoms with Gasteiger partial charge in [0.15, 0.2) is 10.7 Å². The molecule has 1 N–H and O–H groups in total. The third kappa shape index (κ3) is 3.27. The number of fused-ring (bicyclic) bond motifs is 1. The number of Topliss-reactive ketones (excluding diaryl/α,β-unsaturated/α-hetero) is 1. The number of rotatable bonds is 4. The number of carbonyl (C=O) groups excluding carboxylic acids is 2. The van der Waals surface area contributed by atoms with Gasteiger partial charge in [0.1, 0.15) is 4.88 Å². The predicted molar refractivity (Wildman–Crippen MR) is 108 cm³/mol. The Morgan fingerprint density at radius 2 is 1.74 bits per heavy atom. The van der Waals surface area contributed by atoms with Crippen LogP contribution in [0.1, 0.15) is 32.6 Å². The van der Waals surface area contributed by atoms with E-state index in [2.05, 4.69) is 10.3 Å². The highest BCUT2D eigenvalue weighted by Crippen LogP contribution is 2.27. The van der Waals surface area contributed by atoms with Crippen molar-refractivity contribution in [1.82, 2.24) is 9.38 Å². The first-order valence-corrected chi connectivity index (χ1v) is 9.31. The maximum atomic E-state index is 12.7. The number of ketones is 1. The molecule has 2 heterocycles. The zero-order valence-electron chi connectivity index (χ0n) is 14.9. The molecule has 0 aliphatic heterocycles. The molecule has 5 nitrogen and oxygen atoms in total. The van der Waals surface area contributed by atoms with E-state index < -0.39 is 0 Å². The highest BCUT2D eigenvalue weighted by molar-refractivity contribution is 7.19. The number of carbonyl (C=O) groups is 2. The van der Waals surface area contributed by atoms with Crippen molar-refractivity contribution in [2.24, 2.45) is 0 Å². The summed E-state index contributed by atoms with van der Waals surface area (Å²) in [5, 5.41) is 2.88. The number of aryl methyl sites for hydroxylation is 1. The molecule has 27 heavy (non-hydrogen) atoms. The van der Waals surface area contributed by atoms with E-state index in [1.807, 2.05) is 47.9 Å². The minimum Gasteiger partial charge on any atom is -0.321 e. The Morgan fingerprint density at radius 3 is 2.37 bits per heavy atom. The Labute approximate surface area is 160 Å². The second kappa shape index (κ2) is 6.81. The van der Waals surface area contributed by atoms with E-state index in [9.17, 15) is 9.59 Å². The first-order chi connectivity index (χ1) is 13.0. The molecule has 0 aliphatic rings. The minimum atomic E-state index is -0.181. The molecule has 4 rings (SSSR count). The fourth-order valence-electron chi connectivity index (χ4n) is 2.88. The van der Waals surface area contributed by atoms with E-state index in [4.69, 9.17) is 0 Å². The van der Waals surface area contributed by atoms with Gasteiger partial charge in [0.25, 0.3) is 5.91 Å². The smallest absolute Gasteiger partial charge is 0.267 e. The summed E-state index contributed by atoms with van der Waals surface area (Å²) >= 11 is 1.36. The Kier molecular flexibility index (Phi) is 4.33. The van der Waals surface area contributed by atoms with Gasteiger partial charge in [0.05, 0.1) is 5.69 Å². The third-order valence-corrected chi connectivity index (χ3v) is 5.54. The van der Waals surface area contributed by atoms with E-state index in [1.54, 1.807) is 24.3 Å². The summed E-state index contributed by atoms with van der Waals surface area (Å²) < 4.78 is 1.95. The van der Waals surface area contributed by atoms with Crippen molar-refractivity contribution in [3.8, 4) is 11.3 Å². The van der Waals surface area contributed by atoms with Crippen LogP contribution in [0, 0.1) is 6.92 Å². The van der Waals surface area contributed by atoms with Crippen molar-refractivity contribution in [1.29, 1.82) is 0 Å². The number of imidazole rings is 1. The number of anilines is 1. The molecule has 0 saturated heterocycles. The van der Waals surface area contributed by atoms with Gasteiger partial charge in [0.2, 0.25) is 0 Å². The second-order valence-electron chi connectivity index (χ2n) is 6.25. The van der Waals surface area contributed by atoms with E-state index in [-0.39, 0.29) is 11.7 Å². The van der Waals surface area contributed by atoms with Gasteiger partial charge in [-0.25, -0.2) is 4.98 Å². The van der Waals surface area contributed by atoms with Crippen LogP contribution in [0.2, 0.25) is 0 Å². The average molecular weight is 375 g/mol. The highest BCUT2D eigenvalue weighted by Gasteiger charge is 2.18. The molecule has 1 amide bonds. The summed E-state index contributed by atoms with van der Waals surface area (Å²) in [4.78, 5) is 30.1. The van der Waals surface area contributed by atoms with Gasteiger partial charge in [-0.15, -0.1) is 0 Å². The molecular weight excluding hydrogens is 358 g/mol. The molecular formula is C21H17N3O2S. The van der Waals surface area contributed by atoms with Crippen LogP contribution >= 0.6 is 11.3 Å². The second-order valence-corrected chi connectivity index (χ2v) is 7.23. The maximum Gasteiger partial charge on any atom is 0.267 e. The number of nitrogens with zero attached hydrogens (tertiary/aromatic N) is 2. The van der Waals surface area contributed by atoms with Gasteiger partial charge in [-0.2, -0.15) is 0 Å². The van der Waals surface area contributed by atoms with E-state index >= 15 is 0 Å². The number of aromatic nitrogens is 2. The van der Waals surface area contributed by atoms with Crippen LogP contribution in [0.5, 0.6) is 0 Å². The number of benzene rings is 2. The molecule has 4 aromatic rings. The highest BCUT2D eigenvalue weighted by atomic mass is 32.1. The molecule has 2 aromatic heterocycles. The molecule has 0 saturated carbocycles. The summed E-state index contributed by atoms with van der Waals surface area (Å²) in [7, 11) is 0. The Hall–Kier alpha value is -3.25. The maximum absolute atomic E-state index is 12.7. The van der Waals surface area contributed by atoms with E-state index in [1.165, 1.54) is 18.3 Å². The lowest BCUT2D eigenvalue weighted by atomic mass is 10.1. The van der Waals surface area contributed by atoms with Gasteiger partial charge >= 0.3 is 0 Å². The van der Waals surface area contributed by atoms with Crippen LogP contribution in [0.15, 0.2) is 60.8 Å². The quantitative estimate of drug-likeness (QED) is 0.520.